The maximum Gasteiger partial charge on any atom is 0.337 e. The lowest BCUT2D eigenvalue weighted by atomic mass is 10.1. The van der Waals surface area contributed by atoms with E-state index in [4.69, 9.17) is 12.2 Å². The first-order chi connectivity index (χ1) is 11.5. The van der Waals surface area contributed by atoms with Crippen LogP contribution in [0.3, 0.4) is 0 Å². The Labute approximate surface area is 146 Å². The van der Waals surface area contributed by atoms with E-state index in [0.717, 1.165) is 11.8 Å². The predicted molar refractivity (Wildman–Crippen MR) is 95.5 cm³/mol. The first kappa shape index (κ1) is 16.4. The number of thiocarbonyl (C=S) groups is 1. The molecule has 0 aromatic heterocycles. The number of hydrogen-bond donors (Lipinski definition) is 1. The molecule has 2 aromatic rings. The minimum atomic E-state index is -1.14. The topological polar surface area (TPSA) is 57.6 Å². The van der Waals surface area contributed by atoms with Gasteiger partial charge in [-0.3, -0.25) is 9.69 Å². The van der Waals surface area contributed by atoms with Crippen LogP contribution in [0.5, 0.6) is 0 Å². The number of carbonyl (C=O) groups excluding carboxylic acids is 1. The lowest BCUT2D eigenvalue weighted by Crippen LogP contribution is -2.29. The standard InChI is InChI=1S/C17H10FNO3S2/c18-11-7-5-10(6-8-11)9-14-15(20)19(17(23)24-14)13-4-2-1-3-12(13)16(21)22/h1-9H,(H,21,22)/b14-9-. The number of aromatic carboxylic acids is 1. The van der Waals surface area contributed by atoms with E-state index in [9.17, 15) is 19.1 Å². The van der Waals surface area contributed by atoms with Crippen molar-refractivity contribution in [1.29, 1.82) is 0 Å². The zero-order valence-electron chi connectivity index (χ0n) is 12.1. The number of carboxylic acid groups (broad SMARTS) is 1. The molecular formula is C17H10FNO3S2. The van der Waals surface area contributed by atoms with Crippen molar-refractivity contribution in [2.75, 3.05) is 4.90 Å². The summed E-state index contributed by atoms with van der Waals surface area (Å²) in [4.78, 5) is 25.6. The molecule has 1 aliphatic rings. The molecule has 1 heterocycles. The molecule has 0 spiro atoms. The summed E-state index contributed by atoms with van der Waals surface area (Å²) < 4.78 is 13.2. The number of benzene rings is 2. The second-order valence-electron chi connectivity index (χ2n) is 4.89. The first-order valence-electron chi connectivity index (χ1n) is 6.83. The number of carbonyl (C=O) groups is 2. The third kappa shape index (κ3) is 3.08. The molecule has 120 valence electrons. The first-order valence-corrected chi connectivity index (χ1v) is 8.05. The smallest absolute Gasteiger partial charge is 0.337 e. The molecule has 0 atom stereocenters. The second kappa shape index (κ2) is 6.54. The molecule has 1 N–H and O–H groups in total. The van der Waals surface area contributed by atoms with E-state index in [2.05, 4.69) is 0 Å². The monoisotopic (exact) mass is 359 g/mol. The van der Waals surface area contributed by atoms with Crippen LogP contribution in [0.25, 0.3) is 6.08 Å². The quantitative estimate of drug-likeness (QED) is 0.665. The number of para-hydroxylation sites is 1. The minimum Gasteiger partial charge on any atom is -0.478 e. The summed E-state index contributed by atoms with van der Waals surface area (Å²) in [6.45, 7) is 0. The van der Waals surface area contributed by atoms with Crippen molar-refractivity contribution in [2.24, 2.45) is 0 Å². The number of anilines is 1. The fourth-order valence-corrected chi connectivity index (χ4v) is 3.52. The van der Waals surface area contributed by atoms with Gasteiger partial charge >= 0.3 is 5.97 Å². The van der Waals surface area contributed by atoms with Gasteiger partial charge in [0.1, 0.15) is 5.82 Å². The highest BCUT2D eigenvalue weighted by Gasteiger charge is 2.35. The number of hydrogen-bond acceptors (Lipinski definition) is 4. The molecule has 1 fully saturated rings. The van der Waals surface area contributed by atoms with Gasteiger partial charge in [-0.2, -0.15) is 0 Å². The fourth-order valence-electron chi connectivity index (χ4n) is 2.24. The average Bonchev–Trinajstić information content (AvgIpc) is 2.83. The molecule has 24 heavy (non-hydrogen) atoms. The number of amides is 1. The Balaban J connectivity index is 1.98. The van der Waals surface area contributed by atoms with Crippen LogP contribution in [-0.4, -0.2) is 21.3 Å². The Morgan fingerprint density at radius 2 is 1.83 bits per heavy atom. The van der Waals surface area contributed by atoms with Gasteiger partial charge in [0.15, 0.2) is 4.32 Å². The molecule has 0 bridgehead atoms. The van der Waals surface area contributed by atoms with Gasteiger partial charge in [0.2, 0.25) is 0 Å². The molecule has 0 radical (unpaired) electrons. The molecule has 7 heteroatoms. The van der Waals surface area contributed by atoms with E-state index in [1.165, 1.54) is 29.2 Å². The predicted octanol–water partition coefficient (Wildman–Crippen LogP) is 3.93. The summed E-state index contributed by atoms with van der Waals surface area (Å²) in [6.07, 6.45) is 1.60. The molecule has 1 amide bonds. The van der Waals surface area contributed by atoms with Crippen LogP contribution in [0.1, 0.15) is 15.9 Å². The summed E-state index contributed by atoms with van der Waals surface area (Å²) in [6, 6.07) is 11.9. The highest BCUT2D eigenvalue weighted by Crippen LogP contribution is 2.37. The van der Waals surface area contributed by atoms with Gasteiger partial charge in [-0.1, -0.05) is 48.2 Å². The summed E-state index contributed by atoms with van der Waals surface area (Å²) >= 11 is 6.31. The van der Waals surface area contributed by atoms with Crippen LogP contribution in [0, 0.1) is 5.82 Å². The lowest BCUT2D eigenvalue weighted by Gasteiger charge is -2.16. The molecule has 0 saturated carbocycles. The molecule has 2 aromatic carbocycles. The number of rotatable bonds is 3. The average molecular weight is 359 g/mol. The van der Waals surface area contributed by atoms with Crippen molar-refractivity contribution in [3.63, 3.8) is 0 Å². The van der Waals surface area contributed by atoms with Crippen LogP contribution in [0.15, 0.2) is 53.4 Å². The van der Waals surface area contributed by atoms with Gasteiger partial charge in [0, 0.05) is 0 Å². The van der Waals surface area contributed by atoms with Crippen molar-refractivity contribution in [3.8, 4) is 0 Å². The molecular weight excluding hydrogens is 349 g/mol. The van der Waals surface area contributed by atoms with E-state index in [1.54, 1.807) is 30.3 Å². The summed E-state index contributed by atoms with van der Waals surface area (Å²) in [5.74, 6) is -1.90. The van der Waals surface area contributed by atoms with E-state index >= 15 is 0 Å². The van der Waals surface area contributed by atoms with E-state index < -0.39 is 11.9 Å². The highest BCUT2D eigenvalue weighted by molar-refractivity contribution is 8.27. The van der Waals surface area contributed by atoms with Crippen LogP contribution in [0.2, 0.25) is 0 Å². The zero-order chi connectivity index (χ0) is 17.3. The van der Waals surface area contributed by atoms with E-state index in [0.29, 0.717) is 10.5 Å². The Morgan fingerprint density at radius 1 is 1.17 bits per heavy atom. The summed E-state index contributed by atoms with van der Waals surface area (Å²) in [5, 5.41) is 9.29. The van der Waals surface area contributed by atoms with Crippen molar-refractivity contribution in [3.05, 3.63) is 70.4 Å². The maximum atomic E-state index is 13.0. The van der Waals surface area contributed by atoms with Gasteiger partial charge in [-0.15, -0.1) is 0 Å². The third-order valence-electron chi connectivity index (χ3n) is 3.34. The zero-order valence-corrected chi connectivity index (χ0v) is 13.7. The van der Waals surface area contributed by atoms with Crippen LogP contribution < -0.4 is 4.90 Å². The molecule has 0 aliphatic carbocycles. The van der Waals surface area contributed by atoms with Crippen LogP contribution in [-0.2, 0) is 4.79 Å². The van der Waals surface area contributed by atoms with E-state index in [-0.39, 0.29) is 21.4 Å². The molecule has 4 nitrogen and oxygen atoms in total. The normalized spacial score (nSPS) is 16.0. The van der Waals surface area contributed by atoms with Gasteiger partial charge in [-0.05, 0) is 35.9 Å². The number of nitrogens with zero attached hydrogens (tertiary/aromatic N) is 1. The van der Waals surface area contributed by atoms with Gasteiger partial charge in [0.25, 0.3) is 5.91 Å². The van der Waals surface area contributed by atoms with Crippen LogP contribution >= 0.6 is 24.0 Å². The highest BCUT2D eigenvalue weighted by atomic mass is 32.2. The minimum absolute atomic E-state index is 0.00293. The van der Waals surface area contributed by atoms with Crippen molar-refractivity contribution < 1.29 is 19.1 Å². The molecule has 1 aliphatic heterocycles. The Kier molecular flexibility index (Phi) is 4.46. The fraction of sp³-hybridized carbons (Fsp3) is 0. The summed E-state index contributed by atoms with van der Waals surface area (Å²) in [5.41, 5.74) is 0.884. The molecule has 3 rings (SSSR count). The van der Waals surface area contributed by atoms with Gasteiger partial charge < -0.3 is 5.11 Å². The van der Waals surface area contributed by atoms with Crippen molar-refractivity contribution in [1.82, 2.24) is 0 Å². The number of thioether (sulfide) groups is 1. The second-order valence-corrected chi connectivity index (χ2v) is 6.57. The Bertz CT molecular complexity index is 878. The maximum absolute atomic E-state index is 13.0. The largest absolute Gasteiger partial charge is 0.478 e. The summed E-state index contributed by atoms with van der Waals surface area (Å²) in [7, 11) is 0. The Morgan fingerprint density at radius 3 is 2.50 bits per heavy atom. The third-order valence-corrected chi connectivity index (χ3v) is 4.64. The number of halogens is 1. The van der Waals surface area contributed by atoms with Gasteiger partial charge in [0.05, 0.1) is 16.2 Å². The molecule has 1 saturated heterocycles. The van der Waals surface area contributed by atoms with Crippen LogP contribution in [0.4, 0.5) is 10.1 Å². The van der Waals surface area contributed by atoms with E-state index in [1.807, 2.05) is 0 Å². The number of carboxylic acids is 1. The SMILES string of the molecule is O=C(O)c1ccccc1N1C(=O)/C(=C/c2ccc(F)cc2)SC1=S. The van der Waals surface area contributed by atoms with Gasteiger partial charge in [-0.25, -0.2) is 9.18 Å². The van der Waals surface area contributed by atoms with Crippen molar-refractivity contribution >= 4 is 51.9 Å². The van der Waals surface area contributed by atoms with Crippen molar-refractivity contribution in [2.45, 2.75) is 0 Å². The Hall–Kier alpha value is -2.51. The lowest BCUT2D eigenvalue weighted by molar-refractivity contribution is -0.113. The molecule has 0 unspecified atom stereocenters.